The molecule has 1 aromatic heterocycles. The summed E-state index contributed by atoms with van der Waals surface area (Å²) in [6, 6.07) is 0. The van der Waals surface area contributed by atoms with Gasteiger partial charge in [-0.1, -0.05) is 25.2 Å². The highest BCUT2D eigenvalue weighted by Gasteiger charge is 2.35. The molecule has 3 nitrogen and oxygen atoms in total. The largest absolute Gasteiger partial charge is 0.360 e. The number of aromatic nitrogens is 2. The molecule has 0 saturated heterocycles. The van der Waals surface area contributed by atoms with Gasteiger partial charge in [-0.05, 0) is 40.1 Å². The van der Waals surface area contributed by atoms with Crippen molar-refractivity contribution in [1.82, 2.24) is 10.2 Å². The second-order valence-electron chi connectivity index (χ2n) is 4.68. The maximum atomic E-state index is 3.99. The van der Waals surface area contributed by atoms with E-state index in [-0.39, 0.29) is 0 Å². The Morgan fingerprint density at radius 3 is 2.71 bits per heavy atom. The fraction of sp³-hybridized carbons (Fsp3) is 0.778. The topological polar surface area (TPSA) is 37.8 Å². The maximum Gasteiger partial charge on any atom is 0.206 e. The van der Waals surface area contributed by atoms with E-state index in [9.17, 15) is 0 Å². The first-order valence-corrected chi connectivity index (χ1v) is 6.39. The zero-order valence-corrected chi connectivity index (χ0v) is 10.8. The first kappa shape index (κ1) is 10.4. The van der Waals surface area contributed by atoms with E-state index in [4.69, 9.17) is 0 Å². The summed E-state index contributed by atoms with van der Waals surface area (Å²) in [6.45, 7) is 5.68. The van der Waals surface area contributed by atoms with Crippen molar-refractivity contribution in [2.75, 3.05) is 11.9 Å². The van der Waals surface area contributed by atoms with Crippen molar-refractivity contribution in [1.29, 1.82) is 0 Å². The van der Waals surface area contributed by atoms with Gasteiger partial charge >= 0.3 is 0 Å². The van der Waals surface area contributed by atoms with Crippen LogP contribution in [0.15, 0.2) is 3.92 Å². The van der Waals surface area contributed by atoms with Gasteiger partial charge in [-0.15, -0.1) is 10.2 Å². The lowest BCUT2D eigenvalue weighted by Crippen LogP contribution is -2.35. The lowest BCUT2D eigenvalue weighted by atomic mass is 9.64. The first-order valence-electron chi connectivity index (χ1n) is 4.78. The molecule has 1 aromatic rings. The molecule has 1 fully saturated rings. The van der Waals surface area contributed by atoms with Crippen LogP contribution < -0.4 is 5.32 Å². The van der Waals surface area contributed by atoms with Gasteiger partial charge in [0.25, 0.3) is 0 Å². The van der Waals surface area contributed by atoms with Crippen molar-refractivity contribution in [3.63, 3.8) is 0 Å². The number of anilines is 1. The third-order valence-corrected chi connectivity index (χ3v) is 3.94. The van der Waals surface area contributed by atoms with Gasteiger partial charge in [-0.2, -0.15) is 0 Å². The summed E-state index contributed by atoms with van der Waals surface area (Å²) in [4.78, 5) is 0. The maximum absolute atomic E-state index is 3.99. The predicted octanol–water partition coefficient (Wildman–Crippen LogP) is 3.15. The van der Waals surface area contributed by atoms with Crippen LogP contribution in [0.25, 0.3) is 0 Å². The Labute approximate surface area is 96.4 Å². The van der Waals surface area contributed by atoms with E-state index in [0.29, 0.717) is 5.41 Å². The molecule has 5 heteroatoms. The van der Waals surface area contributed by atoms with E-state index in [0.717, 1.165) is 21.5 Å². The van der Waals surface area contributed by atoms with Gasteiger partial charge in [0.15, 0.2) is 3.92 Å². The quantitative estimate of drug-likeness (QED) is 0.921. The molecule has 1 aliphatic carbocycles. The Hall–Kier alpha value is -0.160. The molecular formula is C9H14BrN3S. The highest BCUT2D eigenvalue weighted by molar-refractivity contribution is 9.11. The van der Waals surface area contributed by atoms with Gasteiger partial charge in [-0.3, -0.25) is 0 Å². The Bertz CT molecular complexity index is 316. The summed E-state index contributed by atoms with van der Waals surface area (Å²) in [5.74, 6) is 0.813. The molecule has 14 heavy (non-hydrogen) atoms. The van der Waals surface area contributed by atoms with Crippen LogP contribution in [0, 0.1) is 11.3 Å². The van der Waals surface area contributed by atoms with Crippen molar-refractivity contribution in [2.24, 2.45) is 11.3 Å². The van der Waals surface area contributed by atoms with Crippen LogP contribution in [-0.4, -0.2) is 16.7 Å². The van der Waals surface area contributed by atoms with Gasteiger partial charge < -0.3 is 5.32 Å². The van der Waals surface area contributed by atoms with E-state index in [1.807, 2.05) is 0 Å². The Morgan fingerprint density at radius 2 is 2.21 bits per heavy atom. The van der Waals surface area contributed by atoms with Crippen LogP contribution in [0.2, 0.25) is 0 Å². The molecule has 78 valence electrons. The summed E-state index contributed by atoms with van der Waals surface area (Å²) in [5, 5.41) is 12.1. The average molecular weight is 276 g/mol. The number of nitrogens with zero attached hydrogens (tertiary/aromatic N) is 2. The minimum Gasteiger partial charge on any atom is -0.360 e. The molecule has 1 heterocycles. The molecule has 0 aromatic carbocycles. The van der Waals surface area contributed by atoms with E-state index >= 15 is 0 Å². The summed E-state index contributed by atoms with van der Waals surface area (Å²) in [6.07, 6.45) is 2.64. The highest BCUT2D eigenvalue weighted by atomic mass is 79.9. The monoisotopic (exact) mass is 275 g/mol. The van der Waals surface area contributed by atoms with Crippen LogP contribution in [-0.2, 0) is 0 Å². The minimum atomic E-state index is 0.564. The smallest absolute Gasteiger partial charge is 0.206 e. The summed E-state index contributed by atoms with van der Waals surface area (Å²) in [7, 11) is 0. The van der Waals surface area contributed by atoms with Gasteiger partial charge in [0.1, 0.15) is 0 Å². The Kier molecular flexibility index (Phi) is 2.79. The second-order valence-corrected chi connectivity index (χ2v) is 6.93. The van der Waals surface area contributed by atoms with Crippen molar-refractivity contribution in [3.8, 4) is 0 Å². The van der Waals surface area contributed by atoms with Crippen molar-refractivity contribution >= 4 is 32.4 Å². The van der Waals surface area contributed by atoms with Crippen molar-refractivity contribution in [2.45, 2.75) is 26.7 Å². The SMILES string of the molecule is CC1(C)CC(CNc2nnc(Br)s2)C1. The number of rotatable bonds is 3. The minimum absolute atomic E-state index is 0.564. The molecule has 0 unspecified atom stereocenters. The lowest BCUT2D eigenvalue weighted by molar-refractivity contribution is 0.106. The number of hydrogen-bond donors (Lipinski definition) is 1. The van der Waals surface area contributed by atoms with E-state index in [2.05, 4.69) is 45.3 Å². The van der Waals surface area contributed by atoms with Crippen LogP contribution in [0.3, 0.4) is 0 Å². The van der Waals surface area contributed by atoms with E-state index < -0.39 is 0 Å². The number of nitrogens with one attached hydrogen (secondary N) is 1. The van der Waals surface area contributed by atoms with Crippen LogP contribution in [0.4, 0.5) is 5.13 Å². The van der Waals surface area contributed by atoms with Crippen LogP contribution in [0.1, 0.15) is 26.7 Å². The van der Waals surface area contributed by atoms with Crippen molar-refractivity contribution < 1.29 is 0 Å². The lowest BCUT2D eigenvalue weighted by Gasteiger charge is -2.42. The molecule has 0 aliphatic heterocycles. The van der Waals surface area contributed by atoms with Crippen LogP contribution in [0.5, 0.6) is 0 Å². The fourth-order valence-corrected chi connectivity index (χ4v) is 3.17. The molecule has 0 amide bonds. The zero-order valence-electron chi connectivity index (χ0n) is 8.38. The molecule has 0 radical (unpaired) electrons. The molecule has 0 spiro atoms. The molecule has 1 N–H and O–H groups in total. The van der Waals surface area contributed by atoms with Gasteiger partial charge in [0.05, 0.1) is 0 Å². The zero-order chi connectivity index (χ0) is 10.2. The third-order valence-electron chi connectivity index (χ3n) is 2.62. The Morgan fingerprint density at radius 1 is 1.50 bits per heavy atom. The fourth-order valence-electron chi connectivity index (χ4n) is 2.16. The molecule has 1 aliphatic rings. The molecule has 0 bridgehead atoms. The Balaban J connectivity index is 1.74. The molecule has 2 rings (SSSR count). The third kappa shape index (κ3) is 2.45. The molecular weight excluding hydrogens is 262 g/mol. The van der Waals surface area contributed by atoms with E-state index in [1.54, 1.807) is 11.3 Å². The predicted molar refractivity (Wildman–Crippen MR) is 62.6 cm³/mol. The highest BCUT2D eigenvalue weighted by Crippen LogP contribution is 2.44. The van der Waals surface area contributed by atoms with Crippen LogP contribution >= 0.6 is 27.3 Å². The van der Waals surface area contributed by atoms with Gasteiger partial charge in [0.2, 0.25) is 5.13 Å². The average Bonchev–Trinajstić information content (AvgIpc) is 2.44. The standard InChI is InChI=1S/C9H14BrN3S/c1-9(2)3-6(4-9)5-11-8-13-12-7(10)14-8/h6H,3-5H2,1-2H3,(H,11,13). The molecule has 1 saturated carbocycles. The second kappa shape index (κ2) is 3.77. The summed E-state index contributed by atoms with van der Waals surface area (Å²) >= 11 is 4.84. The number of halogens is 1. The van der Waals surface area contributed by atoms with E-state index in [1.165, 1.54) is 12.8 Å². The normalized spacial score (nSPS) is 20.5. The molecule has 0 atom stereocenters. The summed E-state index contributed by atoms with van der Waals surface area (Å²) in [5.41, 5.74) is 0.564. The summed E-state index contributed by atoms with van der Waals surface area (Å²) < 4.78 is 0.842. The van der Waals surface area contributed by atoms with Gasteiger partial charge in [0, 0.05) is 6.54 Å². The first-order chi connectivity index (χ1) is 6.55. The number of hydrogen-bond acceptors (Lipinski definition) is 4. The van der Waals surface area contributed by atoms with Gasteiger partial charge in [-0.25, -0.2) is 0 Å². The van der Waals surface area contributed by atoms with Crippen molar-refractivity contribution in [3.05, 3.63) is 3.92 Å².